The van der Waals surface area contributed by atoms with Gasteiger partial charge in [0.15, 0.2) is 0 Å². The van der Waals surface area contributed by atoms with Crippen LogP contribution in [0.1, 0.15) is 36.2 Å². The van der Waals surface area contributed by atoms with Crippen LogP contribution in [-0.2, 0) is 7.05 Å². The van der Waals surface area contributed by atoms with E-state index in [1.54, 1.807) is 7.05 Å². The molecule has 0 atom stereocenters. The van der Waals surface area contributed by atoms with Crippen LogP contribution < -0.4 is 11.1 Å². The van der Waals surface area contributed by atoms with E-state index in [1.165, 1.54) is 36.6 Å². The van der Waals surface area contributed by atoms with Crippen LogP contribution in [0, 0.1) is 11.3 Å². The summed E-state index contributed by atoms with van der Waals surface area (Å²) in [5.41, 5.74) is 7.06. The third kappa shape index (κ3) is 1.79. The minimum Gasteiger partial charge on any atom is -0.396 e. The van der Waals surface area contributed by atoms with E-state index in [1.807, 2.05) is 0 Å². The maximum atomic E-state index is 12.0. The molecule has 3 N–H and O–H groups in total. The molecule has 0 saturated heterocycles. The number of carbonyl (C=O) groups is 1. The number of nitrogen functional groups attached to an aromatic ring is 1. The lowest BCUT2D eigenvalue weighted by Crippen LogP contribution is -2.32. The second-order valence-corrected chi connectivity index (χ2v) is 5.39. The lowest BCUT2D eigenvalue weighted by atomic mass is 10.0. The third-order valence-corrected chi connectivity index (χ3v) is 4.12. The Morgan fingerprint density at radius 2 is 2.35 bits per heavy atom. The molecule has 0 aromatic carbocycles. The summed E-state index contributed by atoms with van der Waals surface area (Å²) < 4.78 is 1.53. The van der Waals surface area contributed by atoms with Crippen molar-refractivity contribution in [3.8, 4) is 0 Å². The monoisotopic (exact) mass is 234 g/mol. The maximum Gasteiger partial charge on any atom is 0.271 e. The first-order valence-electron chi connectivity index (χ1n) is 6.18. The number of aryl methyl sites for hydroxylation is 1. The smallest absolute Gasteiger partial charge is 0.271 e. The first-order valence-corrected chi connectivity index (χ1v) is 6.18. The average Bonchev–Trinajstić information content (AvgIpc) is 3.15. The first-order chi connectivity index (χ1) is 8.12. The van der Waals surface area contributed by atoms with Crippen molar-refractivity contribution in [2.75, 3.05) is 12.3 Å². The number of aromatic nitrogens is 2. The molecule has 0 radical (unpaired) electrons. The minimum atomic E-state index is -0.102. The molecule has 2 fully saturated rings. The molecule has 1 heterocycles. The number of hydrogen-bond donors (Lipinski definition) is 2. The van der Waals surface area contributed by atoms with Crippen LogP contribution in [0.4, 0.5) is 5.69 Å². The zero-order valence-electron chi connectivity index (χ0n) is 10.1. The molecule has 92 valence electrons. The SMILES string of the molecule is Cn1ncc(N)c1C(=O)NCC1(C2CC2)CC1. The average molecular weight is 234 g/mol. The molecular weight excluding hydrogens is 216 g/mol. The van der Waals surface area contributed by atoms with Crippen molar-refractivity contribution < 1.29 is 4.79 Å². The molecule has 1 aromatic rings. The van der Waals surface area contributed by atoms with Gasteiger partial charge in [0.2, 0.25) is 0 Å². The predicted octanol–water partition coefficient (Wildman–Crippen LogP) is 0.922. The first kappa shape index (κ1) is 10.6. The molecule has 3 rings (SSSR count). The second-order valence-electron chi connectivity index (χ2n) is 5.39. The molecule has 2 saturated carbocycles. The molecule has 2 aliphatic carbocycles. The van der Waals surface area contributed by atoms with Gasteiger partial charge < -0.3 is 11.1 Å². The number of nitrogens with zero attached hydrogens (tertiary/aromatic N) is 2. The molecule has 0 aliphatic heterocycles. The summed E-state index contributed by atoms with van der Waals surface area (Å²) in [5.74, 6) is 0.751. The van der Waals surface area contributed by atoms with Gasteiger partial charge in [0.05, 0.1) is 11.9 Å². The van der Waals surface area contributed by atoms with Crippen LogP contribution in [0.15, 0.2) is 6.20 Å². The quantitative estimate of drug-likeness (QED) is 0.813. The topological polar surface area (TPSA) is 72.9 Å². The van der Waals surface area contributed by atoms with Crippen molar-refractivity contribution in [1.29, 1.82) is 0 Å². The zero-order valence-corrected chi connectivity index (χ0v) is 10.1. The molecular formula is C12H18N4O. The van der Waals surface area contributed by atoms with E-state index in [0.29, 0.717) is 16.8 Å². The lowest BCUT2D eigenvalue weighted by molar-refractivity contribution is 0.0934. The van der Waals surface area contributed by atoms with Crippen LogP contribution >= 0.6 is 0 Å². The zero-order chi connectivity index (χ0) is 12.0. The van der Waals surface area contributed by atoms with Gasteiger partial charge in [-0.1, -0.05) is 0 Å². The van der Waals surface area contributed by atoms with E-state index in [4.69, 9.17) is 5.73 Å². The van der Waals surface area contributed by atoms with Crippen molar-refractivity contribution in [1.82, 2.24) is 15.1 Å². The Morgan fingerprint density at radius 1 is 1.65 bits per heavy atom. The highest BCUT2D eigenvalue weighted by molar-refractivity contribution is 5.97. The predicted molar refractivity (Wildman–Crippen MR) is 64.3 cm³/mol. The third-order valence-electron chi connectivity index (χ3n) is 4.12. The normalized spacial score (nSPS) is 21.2. The van der Waals surface area contributed by atoms with Gasteiger partial charge in [0, 0.05) is 13.6 Å². The highest BCUT2D eigenvalue weighted by Gasteiger charge is 2.53. The summed E-state index contributed by atoms with van der Waals surface area (Å²) in [5, 5.41) is 6.99. The molecule has 0 bridgehead atoms. The fraction of sp³-hybridized carbons (Fsp3) is 0.667. The summed E-state index contributed by atoms with van der Waals surface area (Å²) in [6, 6.07) is 0. The van der Waals surface area contributed by atoms with Crippen molar-refractivity contribution in [2.24, 2.45) is 18.4 Å². The van der Waals surface area contributed by atoms with Crippen LogP contribution in [0.2, 0.25) is 0 Å². The van der Waals surface area contributed by atoms with Gasteiger partial charge in [0.1, 0.15) is 5.69 Å². The standard InChI is InChI=1S/C12H18N4O/c1-16-10(9(13)6-15-16)11(17)14-7-12(4-5-12)8-2-3-8/h6,8H,2-5,7,13H2,1H3,(H,14,17). The molecule has 1 amide bonds. The van der Waals surface area contributed by atoms with Crippen LogP contribution in [0.25, 0.3) is 0 Å². The Labute approximate surface area is 100 Å². The molecule has 1 aromatic heterocycles. The van der Waals surface area contributed by atoms with Gasteiger partial charge in [-0.15, -0.1) is 0 Å². The highest BCUT2D eigenvalue weighted by Crippen LogP contribution is 2.60. The van der Waals surface area contributed by atoms with Crippen molar-refractivity contribution in [3.63, 3.8) is 0 Å². The maximum absolute atomic E-state index is 12.0. The molecule has 0 spiro atoms. The minimum absolute atomic E-state index is 0.102. The van der Waals surface area contributed by atoms with E-state index >= 15 is 0 Å². The summed E-state index contributed by atoms with van der Waals surface area (Å²) >= 11 is 0. The number of rotatable bonds is 4. The molecule has 5 nitrogen and oxygen atoms in total. The van der Waals surface area contributed by atoms with E-state index in [-0.39, 0.29) is 5.91 Å². The van der Waals surface area contributed by atoms with Crippen LogP contribution in [0.5, 0.6) is 0 Å². The number of amides is 1. The molecule has 0 unspecified atom stereocenters. The van der Waals surface area contributed by atoms with Crippen molar-refractivity contribution in [2.45, 2.75) is 25.7 Å². The van der Waals surface area contributed by atoms with E-state index in [2.05, 4.69) is 10.4 Å². The number of anilines is 1. The Bertz CT molecular complexity index is 438. The Hall–Kier alpha value is -1.52. The van der Waals surface area contributed by atoms with Gasteiger partial charge in [-0.05, 0) is 37.0 Å². The van der Waals surface area contributed by atoms with Gasteiger partial charge in [-0.2, -0.15) is 5.10 Å². The largest absolute Gasteiger partial charge is 0.396 e. The summed E-state index contributed by atoms with van der Waals surface area (Å²) in [7, 11) is 1.74. The Kier molecular flexibility index (Phi) is 2.18. The molecule has 2 aliphatic rings. The fourth-order valence-electron chi connectivity index (χ4n) is 2.66. The summed E-state index contributed by atoms with van der Waals surface area (Å²) in [6.45, 7) is 0.793. The lowest BCUT2D eigenvalue weighted by Gasteiger charge is -2.15. The van der Waals surface area contributed by atoms with E-state index < -0.39 is 0 Å². The van der Waals surface area contributed by atoms with Gasteiger partial charge in [-0.25, -0.2) is 0 Å². The highest BCUT2D eigenvalue weighted by atomic mass is 16.2. The second kappa shape index (κ2) is 3.48. The van der Waals surface area contributed by atoms with Crippen LogP contribution in [-0.4, -0.2) is 22.2 Å². The number of hydrogen-bond acceptors (Lipinski definition) is 3. The van der Waals surface area contributed by atoms with Gasteiger partial charge in [0.25, 0.3) is 5.91 Å². The number of carbonyl (C=O) groups excluding carboxylic acids is 1. The van der Waals surface area contributed by atoms with Gasteiger partial charge >= 0.3 is 0 Å². The molecule has 5 heteroatoms. The number of nitrogens with two attached hydrogens (primary N) is 1. The van der Waals surface area contributed by atoms with Gasteiger partial charge in [-0.3, -0.25) is 9.48 Å². The van der Waals surface area contributed by atoms with E-state index in [0.717, 1.165) is 12.5 Å². The Morgan fingerprint density at radius 3 is 2.82 bits per heavy atom. The Balaban J connectivity index is 1.64. The van der Waals surface area contributed by atoms with E-state index in [9.17, 15) is 4.79 Å². The summed E-state index contributed by atoms with van der Waals surface area (Å²) in [6.07, 6.45) is 6.72. The van der Waals surface area contributed by atoms with Crippen molar-refractivity contribution in [3.05, 3.63) is 11.9 Å². The number of nitrogens with one attached hydrogen (secondary N) is 1. The van der Waals surface area contributed by atoms with Crippen molar-refractivity contribution >= 4 is 11.6 Å². The fourth-order valence-corrected chi connectivity index (χ4v) is 2.66. The summed E-state index contributed by atoms with van der Waals surface area (Å²) in [4.78, 5) is 12.0. The van der Waals surface area contributed by atoms with Crippen LogP contribution in [0.3, 0.4) is 0 Å². The molecule has 17 heavy (non-hydrogen) atoms.